The lowest BCUT2D eigenvalue weighted by molar-refractivity contribution is -0.132. The number of carbonyl (C=O) groups excluding carboxylic acids is 2. The second kappa shape index (κ2) is 10.7. The zero-order chi connectivity index (χ0) is 28.7. The van der Waals surface area contributed by atoms with Crippen LogP contribution in [0.3, 0.4) is 0 Å². The summed E-state index contributed by atoms with van der Waals surface area (Å²) in [5.74, 6) is -0.222. The van der Waals surface area contributed by atoms with Crippen LogP contribution >= 0.6 is 11.3 Å². The average molecular weight is 559 g/mol. The number of Topliss-reactive ketones (excluding diaryl/α,β-unsaturated/α-hetero) is 1. The van der Waals surface area contributed by atoms with Crippen molar-refractivity contribution in [3.63, 3.8) is 0 Å². The topological polar surface area (TPSA) is 98.2 Å². The molecular formula is C31H30N2O6S. The zero-order valence-corrected chi connectivity index (χ0v) is 24.0. The van der Waals surface area contributed by atoms with Gasteiger partial charge in [0.05, 0.1) is 42.7 Å². The van der Waals surface area contributed by atoms with Crippen LogP contribution in [0.1, 0.15) is 40.8 Å². The average Bonchev–Trinajstić information content (AvgIpc) is 3.47. The lowest BCUT2D eigenvalue weighted by Gasteiger charge is -2.24. The lowest BCUT2D eigenvalue weighted by Crippen LogP contribution is -2.29. The van der Waals surface area contributed by atoms with Crippen molar-refractivity contribution >= 4 is 44.1 Å². The molecule has 4 aromatic rings. The number of ether oxygens (including phenoxy) is 3. The molecule has 3 aromatic carbocycles. The lowest BCUT2D eigenvalue weighted by atomic mass is 9.94. The second-order valence-corrected chi connectivity index (χ2v) is 10.6. The summed E-state index contributed by atoms with van der Waals surface area (Å²) in [5, 5.41) is 11.9. The van der Waals surface area contributed by atoms with Crippen molar-refractivity contribution in [1.82, 2.24) is 4.98 Å². The summed E-state index contributed by atoms with van der Waals surface area (Å²) in [4.78, 5) is 33.5. The molecule has 0 unspecified atom stereocenters. The number of aliphatic hydroxyl groups is 1. The van der Waals surface area contributed by atoms with Crippen LogP contribution < -0.4 is 19.1 Å². The Morgan fingerprint density at radius 3 is 2.35 bits per heavy atom. The van der Waals surface area contributed by atoms with E-state index in [1.54, 1.807) is 43.5 Å². The maximum atomic E-state index is 13.7. The summed E-state index contributed by atoms with van der Waals surface area (Å²) in [5.41, 5.74) is 4.52. The van der Waals surface area contributed by atoms with E-state index in [9.17, 15) is 14.7 Å². The number of aromatic nitrogens is 1. The number of nitrogens with zero attached hydrogens (tertiary/aromatic N) is 2. The van der Waals surface area contributed by atoms with E-state index < -0.39 is 17.7 Å². The molecule has 9 heteroatoms. The predicted molar refractivity (Wildman–Crippen MR) is 156 cm³/mol. The molecule has 1 amide bonds. The molecule has 0 saturated carbocycles. The Balaban J connectivity index is 1.75. The number of amides is 1. The summed E-state index contributed by atoms with van der Waals surface area (Å²) in [6.07, 6.45) is 0. The SMILES string of the molecule is CCOc1ccc([C@@H]2/C(=C(\O)c3ccc(OC)c(C)c3)C(=O)C(=O)N2c2nc3c(C)cc(C)cc3s2)cc1OC. The summed E-state index contributed by atoms with van der Waals surface area (Å²) in [6.45, 7) is 8.12. The molecule has 40 heavy (non-hydrogen) atoms. The van der Waals surface area contributed by atoms with Gasteiger partial charge >= 0.3 is 5.91 Å². The zero-order valence-electron chi connectivity index (χ0n) is 23.2. The van der Waals surface area contributed by atoms with Crippen molar-refractivity contribution < 1.29 is 28.9 Å². The number of aliphatic hydroxyl groups excluding tert-OH is 1. The highest BCUT2D eigenvalue weighted by atomic mass is 32.1. The van der Waals surface area contributed by atoms with Crippen molar-refractivity contribution in [2.75, 3.05) is 25.7 Å². The van der Waals surface area contributed by atoms with Crippen LogP contribution in [0.4, 0.5) is 5.13 Å². The minimum absolute atomic E-state index is 0.0343. The van der Waals surface area contributed by atoms with E-state index in [-0.39, 0.29) is 11.3 Å². The van der Waals surface area contributed by atoms with Crippen LogP contribution in [0, 0.1) is 20.8 Å². The van der Waals surface area contributed by atoms with Gasteiger partial charge in [0.15, 0.2) is 16.6 Å². The fraction of sp³-hybridized carbons (Fsp3) is 0.258. The standard InChI is InChI=1S/C31H30N2O6S/c1-7-39-22-11-8-19(15-23(22)38-6)27-25(28(34)20-9-10-21(37-5)17(3)14-20)29(35)30(36)33(27)31-32-26-18(4)12-16(2)13-24(26)40-31/h8-15,27,34H,7H2,1-6H3/b28-25+/t27-/m1/s1. The van der Waals surface area contributed by atoms with Crippen molar-refractivity contribution in [3.05, 3.63) is 81.9 Å². The molecule has 1 aliphatic heterocycles. The molecule has 8 nitrogen and oxygen atoms in total. The molecule has 0 aliphatic carbocycles. The number of carbonyl (C=O) groups is 2. The second-order valence-electron chi connectivity index (χ2n) is 9.62. The molecule has 2 heterocycles. The number of methoxy groups -OCH3 is 2. The third kappa shape index (κ3) is 4.56. The monoisotopic (exact) mass is 558 g/mol. The largest absolute Gasteiger partial charge is 0.507 e. The highest BCUT2D eigenvalue weighted by Crippen LogP contribution is 2.46. The van der Waals surface area contributed by atoms with Crippen LogP contribution in [0.25, 0.3) is 16.0 Å². The minimum Gasteiger partial charge on any atom is -0.507 e. The molecule has 0 radical (unpaired) electrons. The Morgan fingerprint density at radius 1 is 0.950 bits per heavy atom. The third-order valence-corrected chi connectivity index (χ3v) is 7.94. The van der Waals surface area contributed by atoms with E-state index in [4.69, 9.17) is 19.2 Å². The molecule has 206 valence electrons. The molecule has 1 aliphatic rings. The quantitative estimate of drug-likeness (QED) is 0.162. The van der Waals surface area contributed by atoms with E-state index in [0.29, 0.717) is 40.1 Å². The first kappa shape index (κ1) is 27.2. The molecule has 1 N–H and O–H groups in total. The Hall–Kier alpha value is -4.37. The van der Waals surface area contributed by atoms with E-state index in [2.05, 4.69) is 0 Å². The number of anilines is 1. The summed E-state index contributed by atoms with van der Waals surface area (Å²) >= 11 is 1.33. The van der Waals surface area contributed by atoms with Gasteiger partial charge in [0.25, 0.3) is 5.78 Å². The smallest absolute Gasteiger partial charge is 0.301 e. The van der Waals surface area contributed by atoms with Crippen molar-refractivity contribution in [3.8, 4) is 17.2 Å². The maximum Gasteiger partial charge on any atom is 0.301 e. The summed E-state index contributed by atoms with van der Waals surface area (Å²) in [7, 11) is 3.09. The first-order chi connectivity index (χ1) is 19.2. The molecule has 1 fully saturated rings. The Bertz CT molecular complexity index is 1690. The number of rotatable bonds is 7. The van der Waals surface area contributed by atoms with Gasteiger partial charge in [-0.3, -0.25) is 14.5 Å². The summed E-state index contributed by atoms with van der Waals surface area (Å²) in [6, 6.07) is 13.4. The van der Waals surface area contributed by atoms with Crippen LogP contribution in [-0.4, -0.2) is 42.6 Å². The first-order valence-electron chi connectivity index (χ1n) is 12.8. The van der Waals surface area contributed by atoms with Crippen LogP contribution in [-0.2, 0) is 9.59 Å². The van der Waals surface area contributed by atoms with Crippen LogP contribution in [0.2, 0.25) is 0 Å². The van der Waals surface area contributed by atoms with Gasteiger partial charge in [0, 0.05) is 5.56 Å². The number of thiazole rings is 1. The first-order valence-corrected chi connectivity index (χ1v) is 13.6. The van der Waals surface area contributed by atoms with Gasteiger partial charge in [-0.05, 0) is 86.3 Å². The third-order valence-electron chi connectivity index (χ3n) is 6.94. The molecule has 0 spiro atoms. The number of benzene rings is 3. The van der Waals surface area contributed by atoms with Crippen molar-refractivity contribution in [1.29, 1.82) is 0 Å². The van der Waals surface area contributed by atoms with E-state index in [0.717, 1.165) is 26.9 Å². The van der Waals surface area contributed by atoms with E-state index >= 15 is 0 Å². The Kier molecular flexibility index (Phi) is 7.25. The Labute approximate surface area is 236 Å². The van der Waals surface area contributed by atoms with Gasteiger partial charge in [-0.15, -0.1) is 0 Å². The van der Waals surface area contributed by atoms with Gasteiger partial charge < -0.3 is 19.3 Å². The van der Waals surface area contributed by atoms with Gasteiger partial charge in [0.2, 0.25) is 0 Å². The number of ketones is 1. The number of fused-ring (bicyclic) bond motifs is 1. The number of hydrogen-bond donors (Lipinski definition) is 1. The van der Waals surface area contributed by atoms with Gasteiger partial charge in [0.1, 0.15) is 11.5 Å². The maximum absolute atomic E-state index is 13.7. The predicted octanol–water partition coefficient (Wildman–Crippen LogP) is 6.26. The normalized spacial score (nSPS) is 16.6. The molecule has 5 rings (SSSR count). The molecule has 0 bridgehead atoms. The fourth-order valence-corrected chi connectivity index (χ4v) is 6.29. The molecule has 1 atom stereocenters. The number of hydrogen-bond acceptors (Lipinski definition) is 8. The van der Waals surface area contributed by atoms with Crippen LogP contribution in [0.5, 0.6) is 17.2 Å². The van der Waals surface area contributed by atoms with Gasteiger partial charge in [-0.1, -0.05) is 23.5 Å². The number of aryl methyl sites for hydroxylation is 3. The van der Waals surface area contributed by atoms with E-state index in [1.165, 1.54) is 23.3 Å². The van der Waals surface area contributed by atoms with Gasteiger partial charge in [-0.2, -0.15) is 0 Å². The van der Waals surface area contributed by atoms with Crippen LogP contribution in [0.15, 0.2) is 54.1 Å². The molecule has 1 saturated heterocycles. The summed E-state index contributed by atoms with van der Waals surface area (Å²) < 4.78 is 17.5. The molecular weight excluding hydrogens is 528 g/mol. The fourth-order valence-electron chi connectivity index (χ4n) is 5.12. The minimum atomic E-state index is -0.950. The van der Waals surface area contributed by atoms with Crippen molar-refractivity contribution in [2.45, 2.75) is 33.7 Å². The van der Waals surface area contributed by atoms with Crippen molar-refractivity contribution in [2.24, 2.45) is 0 Å². The Morgan fingerprint density at radius 2 is 1.68 bits per heavy atom. The highest BCUT2D eigenvalue weighted by molar-refractivity contribution is 7.22. The highest BCUT2D eigenvalue weighted by Gasteiger charge is 2.48. The van der Waals surface area contributed by atoms with Gasteiger partial charge in [-0.25, -0.2) is 4.98 Å². The van der Waals surface area contributed by atoms with E-state index in [1.807, 2.05) is 39.8 Å². The molecule has 1 aromatic heterocycles.